The Kier molecular flexibility index (Phi) is 4.34. The number of benzene rings is 2. The maximum absolute atomic E-state index is 10.7. The molecule has 0 spiro atoms. The van der Waals surface area contributed by atoms with Crippen LogP contribution in [0, 0.1) is 6.92 Å². The van der Waals surface area contributed by atoms with Crippen LogP contribution in [-0.4, -0.2) is 5.11 Å². The van der Waals surface area contributed by atoms with Crippen molar-refractivity contribution in [1.29, 1.82) is 0 Å². The van der Waals surface area contributed by atoms with E-state index in [0.29, 0.717) is 11.4 Å². The molecule has 2 aromatic rings. The molecule has 0 aliphatic rings. The minimum Gasteiger partial charge on any atom is -0.385 e. The minimum absolute atomic E-state index is 0.489. The molecular weight excluding hydrogens is 324 g/mol. The van der Waals surface area contributed by atoms with Crippen molar-refractivity contribution in [2.45, 2.75) is 25.9 Å². The van der Waals surface area contributed by atoms with E-state index in [1.165, 1.54) is 0 Å². The number of rotatable bonds is 3. The SMILES string of the molecule is Cc1ccc(CC(C)(O)c2cccc(Br)c2)c(Cl)c1. The van der Waals surface area contributed by atoms with Gasteiger partial charge in [-0.05, 0) is 48.7 Å². The molecule has 0 saturated carbocycles. The topological polar surface area (TPSA) is 20.2 Å². The molecule has 1 atom stereocenters. The van der Waals surface area contributed by atoms with E-state index < -0.39 is 5.60 Å². The molecule has 2 rings (SSSR count). The highest BCUT2D eigenvalue weighted by molar-refractivity contribution is 9.10. The van der Waals surface area contributed by atoms with E-state index in [4.69, 9.17) is 11.6 Å². The second-order valence-electron chi connectivity index (χ2n) is 5.06. The van der Waals surface area contributed by atoms with Crippen LogP contribution in [0.5, 0.6) is 0 Å². The Bertz CT molecular complexity index is 593. The monoisotopic (exact) mass is 338 g/mol. The summed E-state index contributed by atoms with van der Waals surface area (Å²) in [4.78, 5) is 0. The molecule has 0 saturated heterocycles. The third kappa shape index (κ3) is 3.59. The van der Waals surface area contributed by atoms with E-state index in [1.54, 1.807) is 0 Å². The second-order valence-corrected chi connectivity index (χ2v) is 6.38. The average molecular weight is 340 g/mol. The predicted octanol–water partition coefficient (Wildman–Crippen LogP) is 4.86. The first-order valence-electron chi connectivity index (χ1n) is 6.12. The number of hydrogen-bond donors (Lipinski definition) is 1. The number of halogens is 2. The summed E-state index contributed by atoms with van der Waals surface area (Å²) in [6.45, 7) is 3.81. The zero-order chi connectivity index (χ0) is 14.0. The highest BCUT2D eigenvalue weighted by Gasteiger charge is 2.24. The van der Waals surface area contributed by atoms with Crippen molar-refractivity contribution in [3.05, 3.63) is 68.7 Å². The van der Waals surface area contributed by atoms with E-state index in [-0.39, 0.29) is 0 Å². The Labute approximate surface area is 127 Å². The van der Waals surface area contributed by atoms with Crippen LogP contribution in [0.4, 0.5) is 0 Å². The third-order valence-electron chi connectivity index (χ3n) is 3.19. The molecule has 100 valence electrons. The van der Waals surface area contributed by atoms with Crippen molar-refractivity contribution in [3.63, 3.8) is 0 Å². The summed E-state index contributed by atoms with van der Waals surface area (Å²) in [5, 5.41) is 11.4. The quantitative estimate of drug-likeness (QED) is 0.846. The lowest BCUT2D eigenvalue weighted by atomic mass is 9.89. The minimum atomic E-state index is -0.942. The van der Waals surface area contributed by atoms with Gasteiger partial charge in [0.05, 0.1) is 5.60 Å². The van der Waals surface area contributed by atoms with Gasteiger partial charge < -0.3 is 5.11 Å². The van der Waals surface area contributed by atoms with Crippen molar-refractivity contribution >= 4 is 27.5 Å². The Morgan fingerprint density at radius 3 is 2.58 bits per heavy atom. The molecule has 2 aromatic carbocycles. The first-order valence-corrected chi connectivity index (χ1v) is 7.29. The molecule has 0 bridgehead atoms. The summed E-state index contributed by atoms with van der Waals surface area (Å²) in [6, 6.07) is 13.6. The van der Waals surface area contributed by atoms with E-state index in [9.17, 15) is 5.11 Å². The largest absolute Gasteiger partial charge is 0.385 e. The van der Waals surface area contributed by atoms with Crippen molar-refractivity contribution in [3.8, 4) is 0 Å². The molecule has 0 heterocycles. The Morgan fingerprint density at radius 2 is 1.95 bits per heavy atom. The van der Waals surface area contributed by atoms with Gasteiger partial charge in [0.15, 0.2) is 0 Å². The highest BCUT2D eigenvalue weighted by Crippen LogP contribution is 2.30. The standard InChI is InChI=1S/C16H16BrClO/c1-11-6-7-12(15(18)8-11)10-16(2,19)13-4-3-5-14(17)9-13/h3-9,19H,10H2,1-2H3. The molecule has 0 radical (unpaired) electrons. The lowest BCUT2D eigenvalue weighted by Gasteiger charge is -2.25. The normalized spacial score (nSPS) is 14.2. The highest BCUT2D eigenvalue weighted by atomic mass is 79.9. The molecule has 0 aliphatic carbocycles. The van der Waals surface area contributed by atoms with Crippen LogP contribution in [0.1, 0.15) is 23.6 Å². The molecule has 19 heavy (non-hydrogen) atoms. The van der Waals surface area contributed by atoms with Gasteiger partial charge >= 0.3 is 0 Å². The van der Waals surface area contributed by atoms with Gasteiger partial charge in [-0.1, -0.05) is 51.8 Å². The lowest BCUT2D eigenvalue weighted by molar-refractivity contribution is 0.0576. The van der Waals surface area contributed by atoms with Gasteiger partial charge in [-0.15, -0.1) is 0 Å². The zero-order valence-electron chi connectivity index (χ0n) is 11.0. The molecule has 1 unspecified atom stereocenters. The first-order chi connectivity index (χ1) is 8.88. The fraction of sp³-hybridized carbons (Fsp3) is 0.250. The zero-order valence-corrected chi connectivity index (χ0v) is 13.3. The molecule has 0 fully saturated rings. The Morgan fingerprint density at radius 1 is 1.21 bits per heavy atom. The summed E-state index contributed by atoms with van der Waals surface area (Å²) in [5.74, 6) is 0. The molecule has 0 amide bonds. The first kappa shape index (κ1) is 14.6. The molecule has 0 aliphatic heterocycles. The van der Waals surface area contributed by atoms with E-state index in [0.717, 1.165) is 21.2 Å². The van der Waals surface area contributed by atoms with Crippen molar-refractivity contribution in [2.24, 2.45) is 0 Å². The molecule has 3 heteroatoms. The van der Waals surface area contributed by atoms with Crippen LogP contribution in [0.25, 0.3) is 0 Å². The number of hydrogen-bond acceptors (Lipinski definition) is 1. The summed E-state index contributed by atoms with van der Waals surface area (Å²) >= 11 is 9.66. The van der Waals surface area contributed by atoms with Crippen LogP contribution >= 0.6 is 27.5 Å². The van der Waals surface area contributed by atoms with Crippen molar-refractivity contribution in [2.75, 3.05) is 0 Å². The molecular formula is C16H16BrClO. The van der Waals surface area contributed by atoms with Crippen LogP contribution in [-0.2, 0) is 12.0 Å². The van der Waals surface area contributed by atoms with Crippen LogP contribution in [0.3, 0.4) is 0 Å². The maximum atomic E-state index is 10.7. The predicted molar refractivity (Wildman–Crippen MR) is 83.6 cm³/mol. The Balaban J connectivity index is 2.30. The van der Waals surface area contributed by atoms with Gasteiger partial charge in [-0.3, -0.25) is 0 Å². The van der Waals surface area contributed by atoms with Gasteiger partial charge in [-0.25, -0.2) is 0 Å². The fourth-order valence-electron chi connectivity index (χ4n) is 2.09. The third-order valence-corrected chi connectivity index (χ3v) is 4.03. The fourth-order valence-corrected chi connectivity index (χ4v) is 2.79. The van der Waals surface area contributed by atoms with Gasteiger partial charge in [0.1, 0.15) is 0 Å². The maximum Gasteiger partial charge on any atom is 0.0909 e. The summed E-state index contributed by atoms with van der Waals surface area (Å²) in [6.07, 6.45) is 0.489. The van der Waals surface area contributed by atoms with Crippen LogP contribution in [0.15, 0.2) is 46.9 Å². The van der Waals surface area contributed by atoms with Gasteiger partial charge in [0.25, 0.3) is 0 Å². The van der Waals surface area contributed by atoms with Gasteiger partial charge in [0.2, 0.25) is 0 Å². The van der Waals surface area contributed by atoms with Gasteiger partial charge in [0, 0.05) is 15.9 Å². The summed E-state index contributed by atoms with van der Waals surface area (Å²) < 4.78 is 0.959. The molecule has 1 nitrogen and oxygen atoms in total. The van der Waals surface area contributed by atoms with E-state index in [1.807, 2.05) is 56.3 Å². The van der Waals surface area contributed by atoms with Crippen LogP contribution < -0.4 is 0 Å². The lowest BCUT2D eigenvalue weighted by Crippen LogP contribution is -2.24. The smallest absolute Gasteiger partial charge is 0.0909 e. The van der Waals surface area contributed by atoms with Crippen LogP contribution in [0.2, 0.25) is 5.02 Å². The molecule has 1 N–H and O–H groups in total. The summed E-state index contributed by atoms with van der Waals surface area (Å²) in [5.41, 5.74) is 2.01. The van der Waals surface area contributed by atoms with Crippen molar-refractivity contribution < 1.29 is 5.11 Å². The van der Waals surface area contributed by atoms with E-state index in [2.05, 4.69) is 15.9 Å². The number of aryl methyl sites for hydroxylation is 1. The number of aliphatic hydroxyl groups is 1. The Hall–Kier alpha value is -0.830. The van der Waals surface area contributed by atoms with E-state index >= 15 is 0 Å². The average Bonchev–Trinajstić information content (AvgIpc) is 2.33. The molecule has 0 aromatic heterocycles. The van der Waals surface area contributed by atoms with Gasteiger partial charge in [-0.2, -0.15) is 0 Å². The second kappa shape index (κ2) is 5.66. The summed E-state index contributed by atoms with van der Waals surface area (Å²) in [7, 11) is 0. The van der Waals surface area contributed by atoms with Crippen molar-refractivity contribution in [1.82, 2.24) is 0 Å².